The number of fused-ring (bicyclic) bond motifs is 4. The molecule has 0 radical (unpaired) electrons. The van der Waals surface area contributed by atoms with Gasteiger partial charge in [0, 0.05) is 23.9 Å². The van der Waals surface area contributed by atoms with Gasteiger partial charge in [0.1, 0.15) is 29.2 Å². The summed E-state index contributed by atoms with van der Waals surface area (Å²) in [6.07, 6.45) is 2.39. The third-order valence-electron chi connectivity index (χ3n) is 8.41. The molecular formula is C37H37N3O5S. The Labute approximate surface area is 271 Å². The minimum absolute atomic E-state index is 0.0712. The van der Waals surface area contributed by atoms with Crippen LogP contribution >= 0.6 is 10.5 Å². The average molecular weight is 636 g/mol. The molecule has 2 aliphatic rings. The Morgan fingerprint density at radius 1 is 0.957 bits per heavy atom. The number of nitriles is 1. The summed E-state index contributed by atoms with van der Waals surface area (Å²) >= 11 is 0. The summed E-state index contributed by atoms with van der Waals surface area (Å²) in [7, 11) is -0.450. The molecule has 1 aromatic heterocycles. The Hall–Kier alpha value is -4.68. The molecule has 1 N–H and O–H groups in total. The van der Waals surface area contributed by atoms with E-state index in [9.17, 15) is 19.6 Å². The number of ketones is 1. The first-order chi connectivity index (χ1) is 22.1. The predicted octanol–water partition coefficient (Wildman–Crippen LogP) is 7.20. The van der Waals surface area contributed by atoms with Crippen molar-refractivity contribution < 1.29 is 23.9 Å². The standard InChI is InChI=1S/C37H37N3O5S/c1-37(2,3)45-36(43)40-22-24(25-12-8-9-17-32(25)40)20-31(34(41)33(21-38)46-18-10-11-19-46)39-35(42)44-23-30-28-15-6-4-13-26(28)27-14-5-7-16-29(27)30/h4-9,12-17,22,30-31H,10-11,18-20,23H2,1-3H3,(H,39,42)/t31-/m0/s1. The second-order valence-corrected chi connectivity index (χ2v) is 14.9. The fraction of sp³-hybridized carbons (Fsp3) is 0.324. The number of Topliss-reactive ketones (excluding diaryl/α,β-unsaturated/α-hetero) is 1. The molecule has 4 aromatic rings. The smallest absolute Gasteiger partial charge is 0.419 e. The largest absolute Gasteiger partial charge is 0.449 e. The maximum atomic E-state index is 14.0. The number of rotatable bonds is 7. The third-order valence-corrected chi connectivity index (χ3v) is 10.8. The van der Waals surface area contributed by atoms with Crippen LogP contribution in [0.25, 0.3) is 22.0 Å². The van der Waals surface area contributed by atoms with Crippen molar-refractivity contribution in [3.63, 3.8) is 0 Å². The van der Waals surface area contributed by atoms with E-state index in [1.54, 1.807) is 27.0 Å². The van der Waals surface area contributed by atoms with Crippen LogP contribution < -0.4 is 5.32 Å². The first kappa shape index (κ1) is 31.3. The molecule has 0 spiro atoms. The van der Waals surface area contributed by atoms with Gasteiger partial charge in [-0.1, -0.05) is 66.7 Å². The number of hydrogen-bond donors (Lipinski definition) is 1. The van der Waals surface area contributed by atoms with Gasteiger partial charge < -0.3 is 14.8 Å². The Morgan fingerprint density at radius 2 is 1.57 bits per heavy atom. The van der Waals surface area contributed by atoms with Gasteiger partial charge >= 0.3 is 12.2 Å². The minimum atomic E-state index is -1.06. The zero-order valence-electron chi connectivity index (χ0n) is 26.2. The Morgan fingerprint density at radius 3 is 2.20 bits per heavy atom. The molecule has 236 valence electrons. The van der Waals surface area contributed by atoms with Crippen molar-refractivity contribution in [2.24, 2.45) is 0 Å². The molecule has 3 aromatic carbocycles. The van der Waals surface area contributed by atoms with E-state index in [1.807, 2.05) is 60.7 Å². The molecule has 46 heavy (non-hydrogen) atoms. The van der Waals surface area contributed by atoms with Crippen molar-refractivity contribution in [1.29, 1.82) is 5.26 Å². The zero-order chi connectivity index (χ0) is 32.4. The summed E-state index contributed by atoms with van der Waals surface area (Å²) in [6.45, 7) is 5.49. The van der Waals surface area contributed by atoms with Crippen LogP contribution in [0.5, 0.6) is 0 Å². The molecule has 1 aliphatic heterocycles. The second kappa shape index (κ2) is 13.0. The average Bonchev–Trinajstić information content (AvgIpc) is 3.77. The molecule has 1 amide bonds. The van der Waals surface area contributed by atoms with Crippen molar-refractivity contribution >= 4 is 44.2 Å². The lowest BCUT2D eigenvalue weighted by Crippen LogP contribution is -2.45. The van der Waals surface area contributed by atoms with Crippen molar-refractivity contribution in [1.82, 2.24) is 9.88 Å². The molecule has 1 fully saturated rings. The Bertz CT molecular complexity index is 1860. The van der Waals surface area contributed by atoms with E-state index in [-0.39, 0.29) is 23.8 Å². The number of nitrogens with zero attached hydrogens (tertiary/aromatic N) is 2. The maximum absolute atomic E-state index is 14.0. The van der Waals surface area contributed by atoms with E-state index in [0.717, 1.165) is 52.0 Å². The van der Waals surface area contributed by atoms with Crippen LogP contribution in [0.1, 0.15) is 56.2 Å². The fourth-order valence-electron chi connectivity index (χ4n) is 6.37. The van der Waals surface area contributed by atoms with Crippen LogP contribution in [0.2, 0.25) is 0 Å². The van der Waals surface area contributed by atoms with Gasteiger partial charge in [0.25, 0.3) is 0 Å². The fourth-order valence-corrected chi connectivity index (χ4v) is 8.64. The number of para-hydroxylation sites is 1. The molecule has 6 rings (SSSR count). The van der Waals surface area contributed by atoms with E-state index >= 15 is 0 Å². The number of nitrogens with one attached hydrogen (secondary N) is 1. The summed E-state index contributed by atoms with van der Waals surface area (Å²) in [5, 5.41) is 13.7. The van der Waals surface area contributed by atoms with Gasteiger partial charge in [-0.2, -0.15) is 15.7 Å². The molecule has 0 bridgehead atoms. The highest BCUT2D eigenvalue weighted by Gasteiger charge is 2.32. The van der Waals surface area contributed by atoms with Gasteiger partial charge in [-0.15, -0.1) is 0 Å². The lowest BCUT2D eigenvalue weighted by atomic mass is 9.98. The molecule has 8 nitrogen and oxygen atoms in total. The molecule has 2 heterocycles. The quantitative estimate of drug-likeness (QED) is 0.215. The predicted molar refractivity (Wildman–Crippen MR) is 181 cm³/mol. The normalized spacial score (nSPS) is 15.1. The highest BCUT2D eigenvalue weighted by Crippen LogP contribution is 2.44. The van der Waals surface area contributed by atoms with Gasteiger partial charge in [-0.25, -0.2) is 9.59 Å². The number of amides is 1. The Balaban J connectivity index is 1.28. The number of carbonyl (C=O) groups is 3. The van der Waals surface area contributed by atoms with Gasteiger partial charge in [0.05, 0.1) is 5.52 Å². The van der Waals surface area contributed by atoms with Crippen molar-refractivity contribution in [2.75, 3.05) is 18.1 Å². The van der Waals surface area contributed by atoms with E-state index in [1.165, 1.54) is 4.57 Å². The SMILES string of the molecule is CC(C)(C)OC(=O)n1cc(C[C@H](NC(=O)OCC2c3ccccc3-c3ccccc32)C(=O)C(C#N)=S2CCCC2)c2ccccc21. The van der Waals surface area contributed by atoms with E-state index in [2.05, 4.69) is 23.5 Å². The van der Waals surface area contributed by atoms with Crippen molar-refractivity contribution in [2.45, 2.75) is 57.6 Å². The first-order valence-electron chi connectivity index (χ1n) is 15.6. The second-order valence-electron chi connectivity index (χ2n) is 12.7. The molecule has 1 saturated heterocycles. The third kappa shape index (κ3) is 6.35. The first-order valence-corrected chi connectivity index (χ1v) is 17.1. The number of alkyl carbamates (subject to hydrolysis) is 1. The summed E-state index contributed by atoms with van der Waals surface area (Å²) in [4.78, 5) is 40.8. The number of aromatic nitrogens is 1. The van der Waals surface area contributed by atoms with Crippen LogP contribution in [-0.4, -0.2) is 57.2 Å². The van der Waals surface area contributed by atoms with Gasteiger partial charge in [0.15, 0.2) is 0 Å². The van der Waals surface area contributed by atoms with Crippen LogP contribution in [0.3, 0.4) is 0 Å². The van der Waals surface area contributed by atoms with Crippen LogP contribution in [0.4, 0.5) is 9.59 Å². The zero-order valence-corrected chi connectivity index (χ0v) is 27.1. The minimum Gasteiger partial charge on any atom is -0.449 e. The molecule has 1 aliphatic carbocycles. The molecule has 0 unspecified atom stereocenters. The van der Waals surface area contributed by atoms with Crippen LogP contribution in [0, 0.1) is 11.3 Å². The monoisotopic (exact) mass is 635 g/mol. The highest BCUT2D eigenvalue weighted by atomic mass is 32.2. The topological polar surface area (TPSA) is 110 Å². The highest BCUT2D eigenvalue weighted by molar-refractivity contribution is 8.17. The lowest BCUT2D eigenvalue weighted by Gasteiger charge is -2.20. The van der Waals surface area contributed by atoms with Crippen molar-refractivity contribution in [3.05, 3.63) is 95.7 Å². The van der Waals surface area contributed by atoms with E-state index in [4.69, 9.17) is 9.47 Å². The van der Waals surface area contributed by atoms with Crippen molar-refractivity contribution in [3.8, 4) is 17.2 Å². The molecule has 0 saturated carbocycles. The summed E-state index contributed by atoms with van der Waals surface area (Å²) in [5.41, 5.74) is 5.00. The molecule has 9 heteroatoms. The van der Waals surface area contributed by atoms with E-state index < -0.39 is 40.1 Å². The summed E-state index contributed by atoms with van der Waals surface area (Å²) in [6, 6.07) is 24.7. The number of carbonyl (C=O) groups excluding carboxylic acids is 3. The molecular weight excluding hydrogens is 598 g/mol. The molecule has 1 atom stereocenters. The number of hydrogen-bond acceptors (Lipinski definition) is 6. The summed E-state index contributed by atoms with van der Waals surface area (Å²) < 4.78 is 12.9. The van der Waals surface area contributed by atoms with Gasteiger partial charge in [-0.3, -0.25) is 9.36 Å². The van der Waals surface area contributed by atoms with Gasteiger partial charge in [-0.05, 0) is 79.0 Å². The van der Waals surface area contributed by atoms with Crippen LogP contribution in [-0.2, 0) is 20.7 Å². The Kier molecular flexibility index (Phi) is 8.83. The van der Waals surface area contributed by atoms with Crippen LogP contribution in [0.15, 0.2) is 79.0 Å². The summed E-state index contributed by atoms with van der Waals surface area (Å²) in [5.74, 6) is 1.05. The maximum Gasteiger partial charge on any atom is 0.419 e. The number of benzene rings is 3. The van der Waals surface area contributed by atoms with Gasteiger partial charge in [0.2, 0.25) is 5.78 Å². The van der Waals surface area contributed by atoms with E-state index in [0.29, 0.717) is 11.1 Å². The number of ether oxygens (including phenoxy) is 2. The lowest BCUT2D eigenvalue weighted by molar-refractivity contribution is -0.114.